The molecule has 5 nitrogen and oxygen atoms in total. The van der Waals surface area contributed by atoms with Gasteiger partial charge in [-0.1, -0.05) is 32.9 Å². The first-order valence-electron chi connectivity index (χ1n) is 6.23. The maximum atomic E-state index is 12.0. The van der Waals surface area contributed by atoms with Crippen LogP contribution < -0.4 is 5.56 Å². The van der Waals surface area contributed by atoms with E-state index in [0.29, 0.717) is 5.95 Å². The Morgan fingerprint density at radius 1 is 1.21 bits per heavy atom. The van der Waals surface area contributed by atoms with Crippen LogP contribution >= 0.6 is 0 Å². The second-order valence-electron chi connectivity index (χ2n) is 5.67. The van der Waals surface area contributed by atoms with Crippen LogP contribution in [0.1, 0.15) is 26.5 Å². The summed E-state index contributed by atoms with van der Waals surface area (Å²) in [6, 6.07) is 9.32. The number of hydrogen-bond acceptors (Lipinski definition) is 2. The third kappa shape index (κ3) is 1.97. The van der Waals surface area contributed by atoms with Crippen LogP contribution in [0.4, 0.5) is 0 Å². The van der Waals surface area contributed by atoms with E-state index in [1.807, 2.05) is 24.3 Å². The highest BCUT2D eigenvalue weighted by atomic mass is 16.1. The number of H-pyrrole nitrogens is 2. The summed E-state index contributed by atoms with van der Waals surface area (Å²) in [7, 11) is 0. The van der Waals surface area contributed by atoms with Crippen LogP contribution in [0.5, 0.6) is 0 Å². The summed E-state index contributed by atoms with van der Waals surface area (Å²) in [5, 5.41) is 3.11. The molecule has 0 atom stereocenters. The number of benzene rings is 1. The lowest BCUT2D eigenvalue weighted by molar-refractivity contribution is 0.558. The normalized spacial score (nSPS) is 12.2. The molecule has 0 bridgehead atoms. The number of aromatic amines is 2. The van der Waals surface area contributed by atoms with Gasteiger partial charge in [-0.05, 0) is 12.1 Å². The molecule has 0 radical (unpaired) electrons. The van der Waals surface area contributed by atoms with Gasteiger partial charge in [-0.3, -0.25) is 9.89 Å². The molecule has 3 aromatic rings. The number of imidazole rings is 1. The molecule has 2 N–H and O–H groups in total. The fourth-order valence-electron chi connectivity index (χ4n) is 1.98. The first-order chi connectivity index (χ1) is 8.95. The fraction of sp³-hybridized carbons (Fsp3) is 0.286. The van der Waals surface area contributed by atoms with E-state index in [1.54, 1.807) is 6.07 Å². The van der Waals surface area contributed by atoms with Gasteiger partial charge in [-0.25, -0.2) is 4.98 Å². The van der Waals surface area contributed by atoms with Crippen LogP contribution in [-0.2, 0) is 5.41 Å². The van der Waals surface area contributed by atoms with E-state index < -0.39 is 0 Å². The Balaban J connectivity index is 2.16. The maximum absolute atomic E-state index is 12.0. The summed E-state index contributed by atoms with van der Waals surface area (Å²) in [5.41, 5.74) is 2.44. The summed E-state index contributed by atoms with van der Waals surface area (Å²) in [4.78, 5) is 19.6. The minimum atomic E-state index is -0.107. The predicted octanol–water partition coefficient (Wildman–Crippen LogP) is 2.34. The first kappa shape index (κ1) is 11.8. The number of para-hydroxylation sites is 2. The Bertz CT molecular complexity index is 752. The molecule has 19 heavy (non-hydrogen) atoms. The molecule has 2 aromatic heterocycles. The molecule has 0 aliphatic rings. The smallest absolute Gasteiger partial charge is 0.274 e. The van der Waals surface area contributed by atoms with E-state index in [9.17, 15) is 4.79 Å². The topological polar surface area (TPSA) is 66.5 Å². The number of fused-ring (bicyclic) bond motifs is 1. The number of rotatable bonds is 1. The van der Waals surface area contributed by atoms with Gasteiger partial charge in [-0.15, -0.1) is 0 Å². The summed E-state index contributed by atoms with van der Waals surface area (Å²) in [5.74, 6) is 0.515. The highest BCUT2D eigenvalue weighted by Crippen LogP contribution is 2.19. The fourth-order valence-corrected chi connectivity index (χ4v) is 1.98. The third-order valence-corrected chi connectivity index (χ3v) is 3.12. The summed E-state index contributed by atoms with van der Waals surface area (Å²) in [6.07, 6.45) is 0. The lowest BCUT2D eigenvalue weighted by atomic mass is 9.93. The monoisotopic (exact) mass is 256 g/mol. The van der Waals surface area contributed by atoms with Gasteiger partial charge < -0.3 is 4.98 Å². The molecular formula is C14H16N4O. The Morgan fingerprint density at radius 2 is 1.95 bits per heavy atom. The highest BCUT2D eigenvalue weighted by molar-refractivity contribution is 5.75. The van der Waals surface area contributed by atoms with Crippen molar-refractivity contribution in [2.75, 3.05) is 0 Å². The van der Waals surface area contributed by atoms with Crippen molar-refractivity contribution in [3.63, 3.8) is 0 Å². The van der Waals surface area contributed by atoms with Crippen LogP contribution in [0.3, 0.4) is 0 Å². The predicted molar refractivity (Wildman–Crippen MR) is 74.7 cm³/mol. The molecule has 0 aliphatic heterocycles. The first-order valence-corrected chi connectivity index (χ1v) is 6.23. The van der Waals surface area contributed by atoms with Crippen LogP contribution in [0.2, 0.25) is 0 Å². The second kappa shape index (κ2) is 3.85. The number of aromatic nitrogens is 4. The molecule has 1 aromatic carbocycles. The van der Waals surface area contributed by atoms with E-state index in [2.05, 4.69) is 35.8 Å². The Labute approximate surface area is 110 Å². The lowest BCUT2D eigenvalue weighted by Gasteiger charge is -2.15. The average Bonchev–Trinajstić information content (AvgIpc) is 2.90. The van der Waals surface area contributed by atoms with Gasteiger partial charge in [0.25, 0.3) is 5.56 Å². The van der Waals surface area contributed by atoms with Crippen molar-refractivity contribution in [2.24, 2.45) is 0 Å². The quantitative estimate of drug-likeness (QED) is 0.701. The van der Waals surface area contributed by atoms with Gasteiger partial charge in [0.05, 0.1) is 11.0 Å². The minimum absolute atomic E-state index is 0.101. The third-order valence-electron chi connectivity index (χ3n) is 3.12. The minimum Gasteiger partial charge on any atom is -0.322 e. The van der Waals surface area contributed by atoms with E-state index in [0.717, 1.165) is 16.7 Å². The van der Waals surface area contributed by atoms with E-state index >= 15 is 0 Å². The Kier molecular flexibility index (Phi) is 2.38. The van der Waals surface area contributed by atoms with Crippen LogP contribution in [-0.4, -0.2) is 19.7 Å². The van der Waals surface area contributed by atoms with E-state index in [1.165, 1.54) is 4.68 Å². The van der Waals surface area contributed by atoms with E-state index in [4.69, 9.17) is 0 Å². The van der Waals surface area contributed by atoms with Crippen LogP contribution in [0.15, 0.2) is 35.1 Å². The average molecular weight is 256 g/mol. The maximum Gasteiger partial charge on any atom is 0.274 e. The van der Waals surface area contributed by atoms with Gasteiger partial charge in [0.2, 0.25) is 5.95 Å². The summed E-state index contributed by atoms with van der Waals surface area (Å²) >= 11 is 0. The molecule has 0 saturated heterocycles. The molecule has 2 heterocycles. The van der Waals surface area contributed by atoms with Gasteiger partial charge in [0.15, 0.2) is 0 Å². The summed E-state index contributed by atoms with van der Waals surface area (Å²) in [6.45, 7) is 6.17. The van der Waals surface area contributed by atoms with Gasteiger partial charge in [0, 0.05) is 17.2 Å². The molecule has 0 spiro atoms. The molecule has 0 fully saturated rings. The standard InChI is InChI=1S/C14H16N4O/c1-14(2,3)11-8-12(19)18(17-11)13-15-9-6-4-5-7-10(9)16-13/h4-8,17H,1-3H3,(H,15,16). The molecule has 0 unspecified atom stereocenters. The molecule has 0 saturated carbocycles. The van der Waals surface area contributed by atoms with Crippen molar-refractivity contribution >= 4 is 11.0 Å². The van der Waals surface area contributed by atoms with Crippen LogP contribution in [0.25, 0.3) is 17.0 Å². The second-order valence-corrected chi connectivity index (χ2v) is 5.67. The zero-order valence-electron chi connectivity index (χ0n) is 11.2. The highest BCUT2D eigenvalue weighted by Gasteiger charge is 2.19. The van der Waals surface area contributed by atoms with Crippen molar-refractivity contribution < 1.29 is 0 Å². The summed E-state index contributed by atoms with van der Waals surface area (Å²) < 4.78 is 1.45. The Hall–Kier alpha value is -2.30. The SMILES string of the molecule is CC(C)(C)c1cc(=O)n(-c2nc3ccccc3[nH]2)[nH]1. The van der Waals surface area contributed by atoms with Crippen molar-refractivity contribution in [2.45, 2.75) is 26.2 Å². The van der Waals surface area contributed by atoms with Gasteiger partial charge in [-0.2, -0.15) is 4.68 Å². The zero-order chi connectivity index (χ0) is 13.6. The molecule has 0 amide bonds. The molecular weight excluding hydrogens is 240 g/mol. The van der Waals surface area contributed by atoms with Gasteiger partial charge in [0.1, 0.15) is 0 Å². The molecule has 98 valence electrons. The van der Waals surface area contributed by atoms with Crippen LogP contribution in [0, 0.1) is 0 Å². The largest absolute Gasteiger partial charge is 0.322 e. The lowest BCUT2D eigenvalue weighted by Crippen LogP contribution is -2.15. The Morgan fingerprint density at radius 3 is 2.58 bits per heavy atom. The van der Waals surface area contributed by atoms with Crippen molar-refractivity contribution in [3.05, 3.63) is 46.4 Å². The number of nitrogens with zero attached hydrogens (tertiary/aromatic N) is 2. The van der Waals surface area contributed by atoms with Crippen molar-refractivity contribution in [1.82, 2.24) is 19.7 Å². The number of nitrogens with one attached hydrogen (secondary N) is 2. The molecule has 0 aliphatic carbocycles. The van der Waals surface area contributed by atoms with Gasteiger partial charge >= 0.3 is 0 Å². The number of hydrogen-bond donors (Lipinski definition) is 2. The molecule has 5 heteroatoms. The molecule has 3 rings (SSSR count). The van der Waals surface area contributed by atoms with E-state index in [-0.39, 0.29) is 11.0 Å². The zero-order valence-corrected chi connectivity index (χ0v) is 11.2. The van der Waals surface area contributed by atoms with Crippen molar-refractivity contribution in [1.29, 1.82) is 0 Å². The van der Waals surface area contributed by atoms with Crippen molar-refractivity contribution in [3.8, 4) is 5.95 Å².